The molecule has 0 aliphatic heterocycles. The minimum Gasteiger partial charge on any atom is -0.497 e. The molecule has 0 aliphatic rings. The fourth-order valence-electron chi connectivity index (χ4n) is 2.21. The van der Waals surface area contributed by atoms with Gasteiger partial charge < -0.3 is 4.74 Å². The molecule has 0 atom stereocenters. The summed E-state index contributed by atoms with van der Waals surface area (Å²) in [6, 6.07) is 9.40. The van der Waals surface area contributed by atoms with E-state index in [0.29, 0.717) is 4.88 Å². The van der Waals surface area contributed by atoms with Gasteiger partial charge in [0, 0.05) is 25.7 Å². The Kier molecular flexibility index (Phi) is 4.12. The molecule has 118 valence electrons. The molecule has 0 saturated heterocycles. The molecule has 2 aromatic heterocycles. The summed E-state index contributed by atoms with van der Waals surface area (Å²) in [6.07, 6.45) is 3.27. The fraction of sp³-hybridized carbons (Fsp3) is 0.188. The molecule has 0 aliphatic carbocycles. The van der Waals surface area contributed by atoms with Gasteiger partial charge in [-0.15, -0.1) is 11.3 Å². The van der Waals surface area contributed by atoms with E-state index in [-0.39, 0.29) is 5.91 Å². The molecule has 0 bridgehead atoms. The predicted octanol–water partition coefficient (Wildman–Crippen LogP) is 2.83. The van der Waals surface area contributed by atoms with Gasteiger partial charge in [0.1, 0.15) is 21.5 Å². The van der Waals surface area contributed by atoms with Crippen LogP contribution in [0.15, 0.2) is 42.7 Å². The summed E-state index contributed by atoms with van der Waals surface area (Å²) in [5, 5.41) is 4.88. The van der Waals surface area contributed by atoms with Crippen LogP contribution in [0, 0.1) is 0 Å². The highest BCUT2D eigenvalue weighted by Crippen LogP contribution is 2.28. The van der Waals surface area contributed by atoms with Crippen LogP contribution in [0.3, 0.4) is 0 Å². The molecule has 23 heavy (non-hydrogen) atoms. The number of ether oxygens (including phenoxy) is 1. The van der Waals surface area contributed by atoms with E-state index in [4.69, 9.17) is 4.74 Å². The Hall–Kier alpha value is -2.67. The van der Waals surface area contributed by atoms with Gasteiger partial charge in [-0.3, -0.25) is 14.4 Å². The molecule has 7 heteroatoms. The second kappa shape index (κ2) is 6.21. The van der Waals surface area contributed by atoms with Crippen molar-refractivity contribution in [3.63, 3.8) is 0 Å². The lowest BCUT2D eigenvalue weighted by atomic mass is 10.2. The highest BCUT2D eigenvalue weighted by molar-refractivity contribution is 7.17. The van der Waals surface area contributed by atoms with Gasteiger partial charge in [0.15, 0.2) is 0 Å². The van der Waals surface area contributed by atoms with Crippen molar-refractivity contribution in [2.45, 2.75) is 0 Å². The normalized spacial score (nSPS) is 10.6. The number of rotatable bonds is 4. The third-order valence-corrected chi connectivity index (χ3v) is 4.53. The summed E-state index contributed by atoms with van der Waals surface area (Å²) in [6.45, 7) is 0. The van der Waals surface area contributed by atoms with Gasteiger partial charge in [-0.25, -0.2) is 4.98 Å². The van der Waals surface area contributed by atoms with Gasteiger partial charge in [-0.05, 0) is 24.3 Å². The number of benzene rings is 1. The number of carbonyl (C=O) groups excluding carboxylic acids is 1. The van der Waals surface area contributed by atoms with Crippen LogP contribution in [0.4, 0.5) is 5.82 Å². The van der Waals surface area contributed by atoms with Crippen LogP contribution in [0.2, 0.25) is 0 Å². The third-order valence-electron chi connectivity index (χ3n) is 3.50. The number of aryl methyl sites for hydroxylation is 1. The Morgan fingerprint density at radius 1 is 1.26 bits per heavy atom. The van der Waals surface area contributed by atoms with E-state index in [1.54, 1.807) is 49.2 Å². The molecule has 3 rings (SSSR count). The van der Waals surface area contributed by atoms with Gasteiger partial charge in [-0.1, -0.05) is 0 Å². The summed E-state index contributed by atoms with van der Waals surface area (Å²) in [5.74, 6) is 1.41. The van der Waals surface area contributed by atoms with Crippen LogP contribution in [0.5, 0.6) is 5.75 Å². The number of carbonyl (C=O) groups is 1. The largest absolute Gasteiger partial charge is 0.497 e. The molecule has 6 nitrogen and oxygen atoms in total. The van der Waals surface area contributed by atoms with Crippen LogP contribution in [0.25, 0.3) is 10.6 Å². The van der Waals surface area contributed by atoms with Crippen LogP contribution < -0.4 is 9.64 Å². The number of amides is 1. The average Bonchev–Trinajstić information content (AvgIpc) is 3.22. The van der Waals surface area contributed by atoms with Crippen molar-refractivity contribution in [2.75, 3.05) is 19.1 Å². The summed E-state index contributed by atoms with van der Waals surface area (Å²) in [5.41, 5.74) is 0.957. The van der Waals surface area contributed by atoms with Crippen molar-refractivity contribution in [3.8, 4) is 16.3 Å². The highest BCUT2D eigenvalue weighted by atomic mass is 32.1. The zero-order chi connectivity index (χ0) is 16.4. The molecule has 0 N–H and O–H groups in total. The molecule has 0 spiro atoms. The number of hydrogen-bond donors (Lipinski definition) is 0. The summed E-state index contributed by atoms with van der Waals surface area (Å²) in [4.78, 5) is 19.1. The topological polar surface area (TPSA) is 60.2 Å². The van der Waals surface area contributed by atoms with Gasteiger partial charge in [0.05, 0.1) is 19.5 Å². The van der Waals surface area contributed by atoms with E-state index in [1.165, 1.54) is 11.3 Å². The van der Waals surface area contributed by atoms with Crippen LogP contribution in [0.1, 0.15) is 9.67 Å². The standard InChI is InChI=1S/C16H16N4O2S/c1-19(14-8-9-18-20(14)2)16(21)13-10-17-15(23-13)11-4-6-12(22-3)7-5-11/h4-10H,1-3H3. The summed E-state index contributed by atoms with van der Waals surface area (Å²) >= 11 is 1.37. The fourth-order valence-corrected chi connectivity index (χ4v) is 3.10. The Labute approximate surface area is 138 Å². The van der Waals surface area contributed by atoms with Crippen molar-refractivity contribution < 1.29 is 9.53 Å². The predicted molar refractivity (Wildman–Crippen MR) is 90.0 cm³/mol. The first-order valence-electron chi connectivity index (χ1n) is 6.96. The number of aromatic nitrogens is 3. The second-order valence-corrected chi connectivity index (χ2v) is 5.97. The Balaban J connectivity index is 1.83. The maximum atomic E-state index is 12.6. The van der Waals surface area contributed by atoms with Crippen molar-refractivity contribution in [1.29, 1.82) is 0 Å². The second-order valence-electron chi connectivity index (χ2n) is 4.94. The first-order chi connectivity index (χ1) is 11.1. The molecule has 0 radical (unpaired) electrons. The van der Waals surface area contributed by atoms with Crippen molar-refractivity contribution >= 4 is 23.1 Å². The van der Waals surface area contributed by atoms with E-state index in [1.807, 2.05) is 24.3 Å². The zero-order valence-corrected chi connectivity index (χ0v) is 13.9. The lowest BCUT2D eigenvalue weighted by molar-refractivity contribution is 0.0995. The molecule has 2 heterocycles. The van der Waals surface area contributed by atoms with E-state index in [0.717, 1.165) is 22.1 Å². The lowest BCUT2D eigenvalue weighted by Crippen LogP contribution is -2.27. The molecule has 1 amide bonds. The number of anilines is 1. The van der Waals surface area contributed by atoms with E-state index < -0.39 is 0 Å². The van der Waals surface area contributed by atoms with Crippen molar-refractivity contribution in [1.82, 2.24) is 14.8 Å². The molecule has 1 aromatic carbocycles. The SMILES string of the molecule is COc1ccc(-c2ncc(C(=O)N(C)c3ccnn3C)s2)cc1. The molecule has 0 saturated carbocycles. The van der Waals surface area contributed by atoms with Crippen molar-refractivity contribution in [2.24, 2.45) is 7.05 Å². The molecular formula is C16H16N4O2S. The first kappa shape index (κ1) is 15.2. The quantitative estimate of drug-likeness (QED) is 0.739. The number of methoxy groups -OCH3 is 1. The van der Waals surface area contributed by atoms with E-state index >= 15 is 0 Å². The zero-order valence-electron chi connectivity index (χ0n) is 13.1. The smallest absolute Gasteiger partial charge is 0.270 e. The van der Waals surface area contributed by atoms with Gasteiger partial charge in [-0.2, -0.15) is 5.10 Å². The maximum Gasteiger partial charge on any atom is 0.270 e. The Morgan fingerprint density at radius 2 is 2.00 bits per heavy atom. The van der Waals surface area contributed by atoms with Gasteiger partial charge in [0.2, 0.25) is 0 Å². The first-order valence-corrected chi connectivity index (χ1v) is 7.78. The molecule has 0 unspecified atom stereocenters. The van der Waals surface area contributed by atoms with E-state index in [9.17, 15) is 4.79 Å². The maximum absolute atomic E-state index is 12.6. The Bertz CT molecular complexity index is 823. The lowest BCUT2D eigenvalue weighted by Gasteiger charge is -2.15. The number of thiazole rings is 1. The van der Waals surface area contributed by atoms with Crippen molar-refractivity contribution in [3.05, 3.63) is 47.6 Å². The van der Waals surface area contributed by atoms with E-state index in [2.05, 4.69) is 10.1 Å². The van der Waals surface area contributed by atoms with Crippen LogP contribution >= 0.6 is 11.3 Å². The monoisotopic (exact) mass is 328 g/mol. The number of nitrogens with zero attached hydrogens (tertiary/aromatic N) is 4. The third kappa shape index (κ3) is 2.95. The minimum atomic E-state index is -0.106. The summed E-state index contributed by atoms with van der Waals surface area (Å²) < 4.78 is 6.80. The van der Waals surface area contributed by atoms with Gasteiger partial charge in [0.25, 0.3) is 5.91 Å². The van der Waals surface area contributed by atoms with Crippen LogP contribution in [-0.4, -0.2) is 34.8 Å². The minimum absolute atomic E-state index is 0.106. The Morgan fingerprint density at radius 3 is 2.61 bits per heavy atom. The average molecular weight is 328 g/mol. The molecule has 0 fully saturated rings. The van der Waals surface area contributed by atoms with Crippen LogP contribution in [-0.2, 0) is 7.05 Å². The summed E-state index contributed by atoms with van der Waals surface area (Å²) in [7, 11) is 5.16. The molecular weight excluding hydrogens is 312 g/mol. The molecule has 3 aromatic rings. The van der Waals surface area contributed by atoms with Gasteiger partial charge >= 0.3 is 0 Å². The highest BCUT2D eigenvalue weighted by Gasteiger charge is 2.19. The number of hydrogen-bond acceptors (Lipinski definition) is 5.